The Hall–Kier alpha value is -1.66. The summed E-state index contributed by atoms with van der Waals surface area (Å²) in [5.41, 5.74) is 12.3. The summed E-state index contributed by atoms with van der Waals surface area (Å²) in [5.74, 6) is 0.387. The molecule has 0 aliphatic heterocycles. The number of ether oxygens (including phenoxy) is 2. The fourth-order valence-corrected chi connectivity index (χ4v) is 5.02. The summed E-state index contributed by atoms with van der Waals surface area (Å²) in [6.45, 7) is 4.60. The van der Waals surface area contributed by atoms with Crippen molar-refractivity contribution in [3.8, 4) is 0 Å². The van der Waals surface area contributed by atoms with Gasteiger partial charge in [0.05, 0.1) is 22.0 Å². The number of carbonyl (C=O) groups excluding carboxylic acids is 2. The molecule has 1 atom stereocenters. The van der Waals surface area contributed by atoms with Gasteiger partial charge in [-0.05, 0) is 24.5 Å². The van der Waals surface area contributed by atoms with Crippen molar-refractivity contribution in [1.29, 1.82) is 5.41 Å². The molecule has 0 aromatic heterocycles. The third kappa shape index (κ3) is 12.2. The fourth-order valence-electron chi connectivity index (χ4n) is 2.94. The summed E-state index contributed by atoms with van der Waals surface area (Å²) >= 11 is 12.1. The van der Waals surface area contributed by atoms with Gasteiger partial charge in [0, 0.05) is 11.5 Å². The highest BCUT2D eigenvalue weighted by Gasteiger charge is 2.18. The Bertz CT molecular complexity index is 870. The van der Waals surface area contributed by atoms with E-state index in [1.807, 2.05) is 0 Å². The highest BCUT2D eigenvalue weighted by atomic mass is 35.5. The molecule has 0 radical (unpaired) electrons. The number of nitrogens with one attached hydrogen (secondary N) is 2. The van der Waals surface area contributed by atoms with E-state index in [0.29, 0.717) is 28.7 Å². The van der Waals surface area contributed by atoms with Gasteiger partial charge in [-0.1, -0.05) is 83.6 Å². The zero-order valence-corrected chi connectivity index (χ0v) is 23.0. The van der Waals surface area contributed by atoms with Gasteiger partial charge in [-0.25, -0.2) is 4.79 Å². The second-order valence-corrected chi connectivity index (χ2v) is 10.8. The van der Waals surface area contributed by atoms with Crippen molar-refractivity contribution in [2.75, 3.05) is 24.7 Å². The minimum atomic E-state index is -0.906. The van der Waals surface area contributed by atoms with Gasteiger partial charge in [0.1, 0.15) is 19.0 Å². The number of halogens is 2. The summed E-state index contributed by atoms with van der Waals surface area (Å²) in [4.78, 5) is 27.7. The first-order chi connectivity index (χ1) is 16.7. The van der Waals surface area contributed by atoms with Crippen LogP contribution in [0.1, 0.15) is 51.1 Å². The van der Waals surface area contributed by atoms with Crippen LogP contribution < -0.4 is 16.8 Å². The summed E-state index contributed by atoms with van der Waals surface area (Å²) in [5, 5.41) is 10.5. The van der Waals surface area contributed by atoms with Crippen LogP contribution in [0.25, 0.3) is 0 Å². The number of nitrogens with two attached hydrogens (primary N) is 2. The quantitative estimate of drug-likeness (QED) is 0.0793. The van der Waals surface area contributed by atoms with Crippen molar-refractivity contribution >= 4 is 68.6 Å². The predicted octanol–water partition coefficient (Wildman–Crippen LogP) is 5.15. The molecule has 6 N–H and O–H groups in total. The minimum Gasteiger partial charge on any atom is -0.465 e. The van der Waals surface area contributed by atoms with Gasteiger partial charge >= 0.3 is 12.1 Å². The lowest BCUT2D eigenvalue weighted by molar-refractivity contribution is -0.148. The number of amidine groups is 1. The summed E-state index contributed by atoms with van der Waals surface area (Å²) < 4.78 is 10.4. The number of amides is 1. The number of esters is 1. The van der Waals surface area contributed by atoms with E-state index in [0.717, 1.165) is 25.7 Å². The van der Waals surface area contributed by atoms with Crippen LogP contribution in [-0.4, -0.2) is 48.6 Å². The number of alkyl carbamates (subject to hydrolysis) is 1. The van der Waals surface area contributed by atoms with Crippen LogP contribution in [0.5, 0.6) is 0 Å². The van der Waals surface area contributed by atoms with Crippen LogP contribution in [0.15, 0.2) is 23.2 Å². The molecule has 0 saturated heterocycles. The fraction of sp³-hybridized carbons (Fsp3) is 0.545. The number of aliphatic imine (C=N–C) groups is 1. The van der Waals surface area contributed by atoms with E-state index in [9.17, 15) is 9.59 Å². The van der Waals surface area contributed by atoms with Crippen LogP contribution in [0.3, 0.4) is 0 Å². The van der Waals surface area contributed by atoms with Crippen molar-refractivity contribution in [2.24, 2.45) is 22.4 Å². The van der Waals surface area contributed by atoms with Crippen LogP contribution in [0.4, 0.5) is 4.79 Å². The van der Waals surface area contributed by atoms with Crippen LogP contribution >= 0.6 is 44.8 Å². The van der Waals surface area contributed by atoms with Gasteiger partial charge in [-0.15, -0.1) is 0 Å². The normalized spacial score (nSPS) is 12.3. The van der Waals surface area contributed by atoms with E-state index in [1.165, 1.54) is 21.6 Å². The smallest absolute Gasteiger partial charge is 0.414 e. The maximum absolute atomic E-state index is 12.1. The SMILES string of the molecule is CCCC(CCC)C(=O)OCCSSCCOC(=O)NC(=N)N=C(N)C(N)c1cccc(Cl)c1Cl. The number of carbonyl (C=O) groups is 2. The molecule has 1 aromatic carbocycles. The number of hydrogen-bond acceptors (Lipinski definition) is 8. The van der Waals surface area contributed by atoms with Gasteiger partial charge in [0.25, 0.3) is 0 Å². The Morgan fingerprint density at radius 1 is 1.11 bits per heavy atom. The van der Waals surface area contributed by atoms with Gasteiger partial charge in [0.2, 0.25) is 5.96 Å². The van der Waals surface area contributed by atoms with Crippen molar-refractivity contribution in [1.82, 2.24) is 5.32 Å². The molecule has 1 rings (SSSR count). The number of hydrogen-bond donors (Lipinski definition) is 4. The highest BCUT2D eigenvalue weighted by molar-refractivity contribution is 8.76. The lowest BCUT2D eigenvalue weighted by atomic mass is 9.99. The van der Waals surface area contributed by atoms with Gasteiger partial charge in [-0.3, -0.25) is 15.5 Å². The lowest BCUT2D eigenvalue weighted by Gasteiger charge is -2.14. The molecule has 13 heteroatoms. The second-order valence-electron chi connectivity index (χ2n) is 7.35. The number of benzene rings is 1. The number of nitrogens with zero attached hydrogens (tertiary/aromatic N) is 1. The van der Waals surface area contributed by atoms with Crippen LogP contribution in [0.2, 0.25) is 10.0 Å². The Balaban J connectivity index is 2.24. The average Bonchev–Trinajstić information content (AvgIpc) is 2.81. The topological polar surface area (TPSA) is 153 Å². The molecule has 9 nitrogen and oxygen atoms in total. The first-order valence-electron chi connectivity index (χ1n) is 11.2. The molecule has 1 amide bonds. The third-order valence-corrected chi connectivity index (χ3v) is 7.77. The first-order valence-corrected chi connectivity index (χ1v) is 14.4. The van der Waals surface area contributed by atoms with E-state index >= 15 is 0 Å². The molecule has 0 aliphatic rings. The lowest BCUT2D eigenvalue weighted by Crippen LogP contribution is -2.35. The van der Waals surface area contributed by atoms with Crippen molar-refractivity contribution in [3.63, 3.8) is 0 Å². The Kier molecular flexibility index (Phi) is 15.9. The van der Waals surface area contributed by atoms with Crippen molar-refractivity contribution in [3.05, 3.63) is 33.8 Å². The molecule has 196 valence electrons. The van der Waals surface area contributed by atoms with E-state index in [4.69, 9.17) is 49.6 Å². The molecule has 0 fully saturated rings. The molecule has 1 unspecified atom stereocenters. The predicted molar refractivity (Wildman–Crippen MR) is 146 cm³/mol. The van der Waals surface area contributed by atoms with Crippen LogP contribution in [0, 0.1) is 11.3 Å². The largest absolute Gasteiger partial charge is 0.465 e. The summed E-state index contributed by atoms with van der Waals surface area (Å²) in [6, 6.07) is 4.01. The first kappa shape index (κ1) is 31.4. The Morgan fingerprint density at radius 2 is 1.71 bits per heavy atom. The van der Waals surface area contributed by atoms with Crippen LogP contribution in [-0.2, 0) is 14.3 Å². The molecule has 0 aliphatic carbocycles. The second kappa shape index (κ2) is 17.7. The summed E-state index contributed by atoms with van der Waals surface area (Å²) in [6.07, 6.45) is 2.79. The standard InChI is InChI=1S/C22H33Cl2N5O4S2/c1-3-6-14(7-4-2)20(30)32-10-12-34-35-13-11-33-22(31)29-21(27)28-19(26)18(25)15-8-5-9-16(23)17(15)24/h5,8-9,14,18H,3-4,6-7,10-13,25H2,1-2H3,(H4,26,27,28,29,31). The summed E-state index contributed by atoms with van der Waals surface area (Å²) in [7, 11) is 3.01. The molecule has 0 spiro atoms. The van der Waals surface area contributed by atoms with E-state index in [-0.39, 0.29) is 29.4 Å². The molecular formula is C22H33Cl2N5O4S2. The molecule has 0 bridgehead atoms. The molecule has 1 aromatic rings. The molecule has 35 heavy (non-hydrogen) atoms. The maximum Gasteiger partial charge on any atom is 0.414 e. The zero-order chi connectivity index (χ0) is 26.2. The molecular weight excluding hydrogens is 533 g/mol. The van der Waals surface area contributed by atoms with Gasteiger partial charge in [0.15, 0.2) is 0 Å². The Morgan fingerprint density at radius 3 is 2.31 bits per heavy atom. The zero-order valence-electron chi connectivity index (χ0n) is 19.9. The molecule has 0 heterocycles. The molecule has 0 saturated carbocycles. The van der Waals surface area contributed by atoms with Crippen molar-refractivity contribution < 1.29 is 19.1 Å². The Labute approximate surface area is 224 Å². The average molecular weight is 567 g/mol. The maximum atomic E-state index is 12.1. The highest BCUT2D eigenvalue weighted by Crippen LogP contribution is 2.29. The number of guanidine groups is 1. The number of rotatable bonds is 14. The van der Waals surface area contributed by atoms with E-state index < -0.39 is 18.1 Å². The minimum absolute atomic E-state index is 0.0154. The van der Waals surface area contributed by atoms with Gasteiger partial charge in [-0.2, -0.15) is 4.99 Å². The van der Waals surface area contributed by atoms with Crippen molar-refractivity contribution in [2.45, 2.75) is 45.6 Å². The monoisotopic (exact) mass is 565 g/mol. The van der Waals surface area contributed by atoms with E-state index in [1.54, 1.807) is 18.2 Å². The van der Waals surface area contributed by atoms with Gasteiger partial charge < -0.3 is 20.9 Å². The van der Waals surface area contributed by atoms with E-state index in [2.05, 4.69) is 24.2 Å². The third-order valence-electron chi connectivity index (χ3n) is 4.60.